The highest BCUT2D eigenvalue weighted by Crippen LogP contribution is 2.27. The standard InChI is InChI=1S/C18H20N4O3S2/c1-8-15(10(3)23)9(2)19-16(8)17(24)11(4)27-18-22-21-14(25-18)6-13-7-26-12(5)20-13/h7,11,19H,6H2,1-5H3/t11-/m1/s1. The molecular formula is C18H20N4O3S2. The molecule has 7 nitrogen and oxygen atoms in total. The van der Waals surface area contributed by atoms with Crippen molar-refractivity contribution in [2.24, 2.45) is 0 Å². The number of carbonyl (C=O) groups excluding carboxylic acids is 2. The molecule has 0 radical (unpaired) electrons. The Morgan fingerprint density at radius 3 is 2.63 bits per heavy atom. The molecule has 0 unspecified atom stereocenters. The van der Waals surface area contributed by atoms with Crippen LogP contribution in [0.2, 0.25) is 0 Å². The minimum Gasteiger partial charge on any atom is -0.416 e. The molecule has 3 aromatic heterocycles. The molecule has 0 bridgehead atoms. The molecule has 27 heavy (non-hydrogen) atoms. The second-order valence-corrected chi connectivity index (χ2v) is 8.66. The molecule has 0 spiro atoms. The number of aryl methyl sites for hydroxylation is 2. The van der Waals surface area contributed by atoms with E-state index >= 15 is 0 Å². The van der Waals surface area contributed by atoms with Crippen LogP contribution in [0.15, 0.2) is 15.0 Å². The van der Waals surface area contributed by atoms with Crippen LogP contribution < -0.4 is 0 Å². The number of H-pyrrole nitrogens is 1. The topological polar surface area (TPSA) is 102 Å². The first-order chi connectivity index (χ1) is 12.8. The number of ketones is 2. The summed E-state index contributed by atoms with van der Waals surface area (Å²) in [6, 6.07) is 0. The Hall–Kier alpha value is -2.26. The van der Waals surface area contributed by atoms with Gasteiger partial charge >= 0.3 is 0 Å². The van der Waals surface area contributed by atoms with Crippen LogP contribution in [-0.4, -0.2) is 37.0 Å². The monoisotopic (exact) mass is 404 g/mol. The summed E-state index contributed by atoms with van der Waals surface area (Å²) in [6.45, 7) is 8.80. The molecule has 0 amide bonds. The van der Waals surface area contributed by atoms with Crippen molar-refractivity contribution < 1.29 is 14.0 Å². The highest BCUT2D eigenvalue weighted by molar-refractivity contribution is 8.00. The molecule has 3 heterocycles. The first kappa shape index (κ1) is 19.5. The van der Waals surface area contributed by atoms with Gasteiger partial charge in [-0.2, -0.15) is 0 Å². The van der Waals surface area contributed by atoms with Gasteiger partial charge in [0.25, 0.3) is 5.22 Å². The Balaban J connectivity index is 1.70. The number of aromatic amines is 1. The van der Waals surface area contributed by atoms with Crippen LogP contribution >= 0.6 is 23.1 Å². The Kier molecular flexibility index (Phi) is 5.61. The van der Waals surface area contributed by atoms with Gasteiger partial charge in [0.1, 0.15) is 0 Å². The minimum atomic E-state index is -0.434. The second kappa shape index (κ2) is 7.77. The Labute approximate surface area is 165 Å². The third-order valence-corrected chi connectivity index (χ3v) is 5.89. The van der Waals surface area contributed by atoms with Gasteiger partial charge in [-0.1, -0.05) is 11.8 Å². The number of carbonyl (C=O) groups is 2. The van der Waals surface area contributed by atoms with Crippen molar-refractivity contribution in [3.8, 4) is 0 Å². The van der Waals surface area contributed by atoms with E-state index in [-0.39, 0.29) is 11.6 Å². The maximum atomic E-state index is 12.8. The van der Waals surface area contributed by atoms with E-state index in [0.29, 0.717) is 40.0 Å². The lowest BCUT2D eigenvalue weighted by molar-refractivity contribution is 0.0988. The van der Waals surface area contributed by atoms with Crippen LogP contribution in [0.5, 0.6) is 0 Å². The lowest BCUT2D eigenvalue weighted by Gasteiger charge is -2.07. The van der Waals surface area contributed by atoms with Crippen molar-refractivity contribution in [2.75, 3.05) is 0 Å². The summed E-state index contributed by atoms with van der Waals surface area (Å²) >= 11 is 2.77. The fourth-order valence-corrected chi connectivity index (χ4v) is 4.31. The van der Waals surface area contributed by atoms with Gasteiger partial charge in [0.15, 0.2) is 11.6 Å². The number of hydrogen-bond donors (Lipinski definition) is 1. The summed E-state index contributed by atoms with van der Waals surface area (Å²) in [7, 11) is 0. The first-order valence-corrected chi connectivity index (χ1v) is 10.2. The minimum absolute atomic E-state index is 0.0561. The van der Waals surface area contributed by atoms with E-state index in [2.05, 4.69) is 20.2 Å². The van der Waals surface area contributed by atoms with Crippen molar-refractivity contribution in [3.63, 3.8) is 0 Å². The number of nitrogens with one attached hydrogen (secondary N) is 1. The van der Waals surface area contributed by atoms with E-state index < -0.39 is 5.25 Å². The maximum absolute atomic E-state index is 12.8. The predicted octanol–water partition coefficient (Wildman–Crippen LogP) is 3.94. The summed E-state index contributed by atoms with van der Waals surface area (Å²) in [5.74, 6) is 0.301. The molecule has 9 heteroatoms. The Morgan fingerprint density at radius 1 is 1.30 bits per heavy atom. The highest BCUT2D eigenvalue weighted by Gasteiger charge is 2.25. The molecule has 0 aliphatic carbocycles. The lowest BCUT2D eigenvalue weighted by Crippen LogP contribution is -2.15. The predicted molar refractivity (Wildman–Crippen MR) is 104 cm³/mol. The van der Waals surface area contributed by atoms with Gasteiger partial charge in [-0.25, -0.2) is 4.98 Å². The highest BCUT2D eigenvalue weighted by atomic mass is 32.2. The zero-order valence-electron chi connectivity index (χ0n) is 15.7. The maximum Gasteiger partial charge on any atom is 0.277 e. The first-order valence-electron chi connectivity index (χ1n) is 8.40. The Bertz CT molecular complexity index is 1000. The molecular weight excluding hydrogens is 384 g/mol. The van der Waals surface area contributed by atoms with E-state index in [9.17, 15) is 9.59 Å². The summed E-state index contributed by atoms with van der Waals surface area (Å²) in [5.41, 5.74) is 3.31. The van der Waals surface area contributed by atoms with E-state index in [1.165, 1.54) is 18.7 Å². The second-order valence-electron chi connectivity index (χ2n) is 6.30. The smallest absolute Gasteiger partial charge is 0.277 e. The molecule has 1 atom stereocenters. The van der Waals surface area contributed by atoms with Crippen molar-refractivity contribution in [3.05, 3.63) is 44.5 Å². The fraction of sp³-hybridized carbons (Fsp3) is 0.389. The third-order valence-electron chi connectivity index (χ3n) is 4.13. The van der Waals surface area contributed by atoms with Crippen LogP contribution in [-0.2, 0) is 6.42 Å². The molecule has 0 saturated heterocycles. The number of rotatable bonds is 7. The fourth-order valence-electron chi connectivity index (χ4n) is 2.93. The summed E-state index contributed by atoms with van der Waals surface area (Å²) in [6.07, 6.45) is 0.469. The lowest BCUT2D eigenvalue weighted by atomic mass is 10.0. The normalized spacial score (nSPS) is 12.3. The van der Waals surface area contributed by atoms with Gasteiger partial charge in [0, 0.05) is 16.6 Å². The van der Waals surface area contributed by atoms with Crippen molar-refractivity contribution in [1.29, 1.82) is 0 Å². The molecule has 0 aromatic carbocycles. The van der Waals surface area contributed by atoms with Gasteiger partial charge in [-0.3, -0.25) is 9.59 Å². The molecule has 0 aliphatic heterocycles. The molecule has 3 rings (SSSR count). The molecule has 0 aliphatic rings. The quantitative estimate of drug-likeness (QED) is 0.470. The zero-order valence-corrected chi connectivity index (χ0v) is 17.4. The van der Waals surface area contributed by atoms with E-state index in [1.54, 1.807) is 32.1 Å². The summed E-state index contributed by atoms with van der Waals surface area (Å²) in [4.78, 5) is 32.0. The van der Waals surface area contributed by atoms with Crippen LogP contribution in [0.25, 0.3) is 0 Å². The number of hydrogen-bond acceptors (Lipinski definition) is 8. The van der Waals surface area contributed by atoms with Crippen molar-refractivity contribution in [2.45, 2.75) is 51.5 Å². The van der Waals surface area contributed by atoms with E-state index in [0.717, 1.165) is 10.7 Å². The number of Topliss-reactive ketones (excluding diaryl/α,β-unsaturated/α-hetero) is 2. The molecule has 3 aromatic rings. The molecule has 1 N–H and O–H groups in total. The number of thioether (sulfide) groups is 1. The summed E-state index contributed by atoms with van der Waals surface area (Å²) in [5, 5.41) is 10.9. The average molecular weight is 405 g/mol. The zero-order chi connectivity index (χ0) is 19.7. The van der Waals surface area contributed by atoms with Crippen molar-refractivity contribution >= 4 is 34.7 Å². The van der Waals surface area contributed by atoms with Gasteiger partial charge in [0.05, 0.1) is 28.1 Å². The van der Waals surface area contributed by atoms with Gasteiger partial charge < -0.3 is 9.40 Å². The van der Waals surface area contributed by atoms with Crippen molar-refractivity contribution in [1.82, 2.24) is 20.2 Å². The SMILES string of the molecule is CC(=O)c1c(C)[nH]c(C(=O)[C@@H](C)Sc2nnc(Cc3csc(C)n3)o2)c1C. The average Bonchev–Trinajstić information content (AvgIpc) is 3.27. The van der Waals surface area contributed by atoms with Gasteiger partial charge in [-0.05, 0) is 40.2 Å². The largest absolute Gasteiger partial charge is 0.416 e. The molecule has 142 valence electrons. The van der Waals surface area contributed by atoms with Crippen LogP contribution in [0, 0.1) is 20.8 Å². The van der Waals surface area contributed by atoms with Crippen LogP contribution in [0.3, 0.4) is 0 Å². The van der Waals surface area contributed by atoms with E-state index in [1.807, 2.05) is 12.3 Å². The molecule has 0 saturated carbocycles. The van der Waals surface area contributed by atoms with Gasteiger partial charge in [0.2, 0.25) is 5.89 Å². The number of nitrogens with zero attached hydrogens (tertiary/aromatic N) is 3. The Morgan fingerprint density at radius 2 is 2.04 bits per heavy atom. The third kappa shape index (κ3) is 4.19. The van der Waals surface area contributed by atoms with Crippen LogP contribution in [0.4, 0.5) is 0 Å². The molecule has 0 fully saturated rings. The van der Waals surface area contributed by atoms with Gasteiger partial charge in [-0.15, -0.1) is 21.5 Å². The number of aromatic nitrogens is 4. The number of thiazole rings is 1. The summed E-state index contributed by atoms with van der Waals surface area (Å²) < 4.78 is 5.64. The van der Waals surface area contributed by atoms with E-state index in [4.69, 9.17) is 4.42 Å². The van der Waals surface area contributed by atoms with Crippen LogP contribution in [0.1, 0.15) is 62.5 Å².